The van der Waals surface area contributed by atoms with Gasteiger partial charge in [-0.25, -0.2) is 8.42 Å². The fourth-order valence-corrected chi connectivity index (χ4v) is 2.66. The zero-order valence-corrected chi connectivity index (χ0v) is 9.36. The van der Waals surface area contributed by atoms with Crippen molar-refractivity contribution in [1.82, 2.24) is 0 Å². The fraction of sp³-hybridized carbons (Fsp3) is 1.00. The normalized spacial score (nSPS) is 25.0. The lowest BCUT2D eigenvalue weighted by Gasteiger charge is -2.20. The predicted molar refractivity (Wildman–Crippen MR) is 52.5 cm³/mol. The molecule has 0 unspecified atom stereocenters. The molecule has 1 fully saturated rings. The van der Waals surface area contributed by atoms with Crippen molar-refractivity contribution in [3.63, 3.8) is 0 Å². The maximum Gasteiger partial charge on any atom is 0.155 e. The van der Waals surface area contributed by atoms with Gasteiger partial charge in [-0.05, 0) is 33.1 Å². The Balaban J connectivity index is 2.62. The summed E-state index contributed by atoms with van der Waals surface area (Å²) in [5, 5.41) is 0. The van der Waals surface area contributed by atoms with E-state index in [0.29, 0.717) is 13.2 Å². The Hall–Kier alpha value is -0.0900. The molecule has 0 aromatic carbocycles. The SMILES string of the molecule is CC(C)(C)S(=O)(=O)C[C@@H]1CCOC1. The monoisotopic (exact) mass is 206 g/mol. The average Bonchev–Trinajstić information content (AvgIpc) is 2.35. The van der Waals surface area contributed by atoms with Crippen molar-refractivity contribution < 1.29 is 13.2 Å². The molecule has 0 aromatic rings. The summed E-state index contributed by atoms with van der Waals surface area (Å²) in [6, 6.07) is 0. The summed E-state index contributed by atoms with van der Waals surface area (Å²) in [6.45, 7) is 6.56. The van der Waals surface area contributed by atoms with Crippen LogP contribution in [-0.4, -0.2) is 32.1 Å². The van der Waals surface area contributed by atoms with Crippen molar-refractivity contribution >= 4 is 9.84 Å². The van der Waals surface area contributed by atoms with Crippen LogP contribution in [0.4, 0.5) is 0 Å². The highest BCUT2D eigenvalue weighted by Crippen LogP contribution is 2.22. The minimum atomic E-state index is -2.96. The van der Waals surface area contributed by atoms with Crippen LogP contribution >= 0.6 is 0 Å². The van der Waals surface area contributed by atoms with Gasteiger partial charge in [0, 0.05) is 6.61 Å². The summed E-state index contributed by atoms with van der Waals surface area (Å²) in [5.74, 6) is 0.487. The van der Waals surface area contributed by atoms with E-state index < -0.39 is 14.6 Å². The highest BCUT2D eigenvalue weighted by atomic mass is 32.2. The molecule has 0 aliphatic carbocycles. The second-order valence-corrected chi connectivity index (χ2v) is 7.41. The molecule has 1 aliphatic heterocycles. The molecule has 1 saturated heterocycles. The lowest BCUT2D eigenvalue weighted by atomic mass is 10.2. The average molecular weight is 206 g/mol. The molecular formula is C9H18O3S. The van der Waals surface area contributed by atoms with Gasteiger partial charge in [0.1, 0.15) is 0 Å². The zero-order chi connectivity index (χ0) is 10.1. The van der Waals surface area contributed by atoms with Gasteiger partial charge in [0.25, 0.3) is 0 Å². The van der Waals surface area contributed by atoms with E-state index in [9.17, 15) is 8.42 Å². The van der Waals surface area contributed by atoms with Crippen molar-refractivity contribution in [2.75, 3.05) is 19.0 Å². The minimum absolute atomic E-state index is 0.212. The Morgan fingerprint density at radius 1 is 1.38 bits per heavy atom. The van der Waals surface area contributed by atoms with Crippen molar-refractivity contribution in [2.24, 2.45) is 5.92 Å². The van der Waals surface area contributed by atoms with E-state index in [1.807, 2.05) is 0 Å². The Labute approximate surface area is 80.4 Å². The molecule has 0 amide bonds. The second-order valence-electron chi connectivity index (χ2n) is 4.62. The molecular weight excluding hydrogens is 188 g/mol. The van der Waals surface area contributed by atoms with Gasteiger partial charge in [-0.1, -0.05) is 0 Å². The third kappa shape index (κ3) is 2.68. The van der Waals surface area contributed by atoms with E-state index in [2.05, 4.69) is 0 Å². The van der Waals surface area contributed by atoms with Crippen LogP contribution in [0.1, 0.15) is 27.2 Å². The van der Waals surface area contributed by atoms with E-state index in [4.69, 9.17) is 4.74 Å². The Bertz CT molecular complexity index is 255. The summed E-state index contributed by atoms with van der Waals surface area (Å²) in [5.41, 5.74) is 0. The van der Waals surface area contributed by atoms with Crippen LogP contribution in [-0.2, 0) is 14.6 Å². The van der Waals surface area contributed by atoms with E-state index in [1.54, 1.807) is 20.8 Å². The van der Waals surface area contributed by atoms with E-state index in [-0.39, 0.29) is 11.7 Å². The highest BCUT2D eigenvalue weighted by molar-refractivity contribution is 7.92. The lowest BCUT2D eigenvalue weighted by Crippen LogP contribution is -2.33. The van der Waals surface area contributed by atoms with Crippen molar-refractivity contribution in [3.8, 4) is 0 Å². The smallest absolute Gasteiger partial charge is 0.155 e. The molecule has 78 valence electrons. The standard InChI is InChI=1S/C9H18O3S/c1-9(2,3)13(10,11)7-8-4-5-12-6-8/h8H,4-7H2,1-3H3/t8-/m1/s1. The van der Waals surface area contributed by atoms with Crippen LogP contribution in [0.15, 0.2) is 0 Å². The maximum atomic E-state index is 11.8. The number of ether oxygens (including phenoxy) is 1. The van der Waals surface area contributed by atoms with Gasteiger partial charge >= 0.3 is 0 Å². The fourth-order valence-electron chi connectivity index (χ4n) is 1.28. The molecule has 0 N–H and O–H groups in total. The molecule has 13 heavy (non-hydrogen) atoms. The second kappa shape index (κ2) is 3.58. The first kappa shape index (κ1) is 11.0. The van der Waals surface area contributed by atoms with Gasteiger partial charge in [-0.3, -0.25) is 0 Å². The summed E-state index contributed by atoms with van der Waals surface area (Å²) >= 11 is 0. The molecule has 0 spiro atoms. The van der Waals surface area contributed by atoms with E-state index in [1.165, 1.54) is 0 Å². The summed E-state index contributed by atoms with van der Waals surface area (Å²) in [7, 11) is -2.96. The molecule has 0 saturated carbocycles. The number of hydrogen-bond donors (Lipinski definition) is 0. The number of hydrogen-bond acceptors (Lipinski definition) is 3. The van der Waals surface area contributed by atoms with Crippen molar-refractivity contribution in [3.05, 3.63) is 0 Å². The molecule has 3 nitrogen and oxygen atoms in total. The Morgan fingerprint density at radius 2 is 2.00 bits per heavy atom. The zero-order valence-electron chi connectivity index (χ0n) is 8.54. The first-order chi connectivity index (χ1) is 5.83. The van der Waals surface area contributed by atoms with Crippen LogP contribution in [0.25, 0.3) is 0 Å². The maximum absolute atomic E-state index is 11.8. The molecule has 1 heterocycles. The third-order valence-corrected chi connectivity index (χ3v) is 5.19. The van der Waals surface area contributed by atoms with Gasteiger partial charge in [-0.2, -0.15) is 0 Å². The van der Waals surface area contributed by atoms with Crippen LogP contribution in [0, 0.1) is 5.92 Å². The van der Waals surface area contributed by atoms with Crippen molar-refractivity contribution in [2.45, 2.75) is 31.9 Å². The predicted octanol–water partition coefficient (Wildman–Crippen LogP) is 1.24. The van der Waals surface area contributed by atoms with Crippen LogP contribution in [0.2, 0.25) is 0 Å². The quantitative estimate of drug-likeness (QED) is 0.682. The largest absolute Gasteiger partial charge is 0.381 e. The topological polar surface area (TPSA) is 43.4 Å². The number of rotatable bonds is 2. The first-order valence-electron chi connectivity index (χ1n) is 4.63. The van der Waals surface area contributed by atoms with Gasteiger partial charge in [0.05, 0.1) is 17.1 Å². The van der Waals surface area contributed by atoms with Crippen molar-refractivity contribution in [1.29, 1.82) is 0 Å². The van der Waals surface area contributed by atoms with E-state index in [0.717, 1.165) is 6.42 Å². The molecule has 1 rings (SSSR count). The molecule has 0 radical (unpaired) electrons. The first-order valence-corrected chi connectivity index (χ1v) is 6.28. The Kier molecular flexibility index (Phi) is 3.02. The van der Waals surface area contributed by atoms with Gasteiger partial charge in [-0.15, -0.1) is 0 Å². The van der Waals surface area contributed by atoms with Gasteiger partial charge < -0.3 is 4.74 Å². The third-order valence-electron chi connectivity index (χ3n) is 2.41. The molecule has 1 atom stereocenters. The summed E-state index contributed by atoms with van der Waals surface area (Å²) in [4.78, 5) is 0. The molecule has 0 aromatic heterocycles. The summed E-state index contributed by atoms with van der Waals surface area (Å²) < 4.78 is 28.0. The van der Waals surface area contributed by atoms with Gasteiger partial charge in [0.2, 0.25) is 0 Å². The Morgan fingerprint density at radius 3 is 2.38 bits per heavy atom. The number of sulfone groups is 1. The van der Waals surface area contributed by atoms with E-state index >= 15 is 0 Å². The lowest BCUT2D eigenvalue weighted by molar-refractivity contribution is 0.188. The van der Waals surface area contributed by atoms with Crippen LogP contribution in [0.3, 0.4) is 0 Å². The molecule has 4 heteroatoms. The minimum Gasteiger partial charge on any atom is -0.381 e. The highest BCUT2D eigenvalue weighted by Gasteiger charge is 2.32. The van der Waals surface area contributed by atoms with Crippen LogP contribution < -0.4 is 0 Å². The van der Waals surface area contributed by atoms with Crippen LogP contribution in [0.5, 0.6) is 0 Å². The molecule has 1 aliphatic rings. The summed E-state index contributed by atoms with van der Waals surface area (Å²) in [6.07, 6.45) is 0.884. The molecule has 0 bridgehead atoms. The van der Waals surface area contributed by atoms with Gasteiger partial charge in [0.15, 0.2) is 9.84 Å².